The van der Waals surface area contributed by atoms with Gasteiger partial charge in [-0.15, -0.1) is 0 Å². The van der Waals surface area contributed by atoms with E-state index < -0.39 is 0 Å². The van der Waals surface area contributed by atoms with E-state index in [1.807, 2.05) is 24.4 Å². The highest BCUT2D eigenvalue weighted by atomic mass is 15.1. The van der Waals surface area contributed by atoms with Gasteiger partial charge in [0.15, 0.2) is 0 Å². The zero-order valence-electron chi connectivity index (χ0n) is 13.2. The van der Waals surface area contributed by atoms with Gasteiger partial charge in [0.2, 0.25) is 0 Å². The van der Waals surface area contributed by atoms with E-state index in [-0.39, 0.29) is 6.04 Å². The molecule has 0 fully saturated rings. The van der Waals surface area contributed by atoms with Crippen molar-refractivity contribution >= 4 is 0 Å². The molecule has 2 aromatic rings. The third-order valence-corrected chi connectivity index (χ3v) is 3.70. The molecule has 0 aliphatic heterocycles. The average Bonchev–Trinajstić information content (AvgIpc) is 2.48. The van der Waals surface area contributed by atoms with Crippen LogP contribution in [0.4, 0.5) is 0 Å². The van der Waals surface area contributed by atoms with Crippen LogP contribution in [0.3, 0.4) is 0 Å². The van der Waals surface area contributed by atoms with Gasteiger partial charge in [-0.1, -0.05) is 44.2 Å². The van der Waals surface area contributed by atoms with Crippen LogP contribution < -0.4 is 5.73 Å². The number of nitrogens with zero attached hydrogens (tertiary/aromatic N) is 2. The van der Waals surface area contributed by atoms with Crippen LogP contribution in [0.5, 0.6) is 0 Å². The molecule has 3 nitrogen and oxygen atoms in total. The molecule has 112 valence electrons. The Morgan fingerprint density at radius 3 is 2.29 bits per heavy atom. The summed E-state index contributed by atoms with van der Waals surface area (Å²) in [5.41, 5.74) is 9.93. The summed E-state index contributed by atoms with van der Waals surface area (Å²) in [6.07, 6.45) is 1.83. The standard InChI is InChI=1S/C18H25N3/c1-14(2)15-7-9-16(10-8-15)18(19)13-21(3)12-17-6-4-5-11-20-17/h4-11,14,18H,12-13,19H2,1-3H3. The number of benzene rings is 1. The van der Waals surface area contributed by atoms with Crippen LogP contribution in [0.1, 0.15) is 42.6 Å². The van der Waals surface area contributed by atoms with E-state index in [9.17, 15) is 0 Å². The summed E-state index contributed by atoms with van der Waals surface area (Å²) in [4.78, 5) is 6.56. The summed E-state index contributed by atoms with van der Waals surface area (Å²) in [6.45, 7) is 6.04. The molecule has 1 aromatic heterocycles. The average molecular weight is 283 g/mol. The van der Waals surface area contributed by atoms with Gasteiger partial charge in [0.25, 0.3) is 0 Å². The molecule has 1 heterocycles. The molecule has 0 aliphatic rings. The molecule has 0 saturated heterocycles. The zero-order valence-corrected chi connectivity index (χ0v) is 13.2. The summed E-state index contributed by atoms with van der Waals surface area (Å²) in [5, 5.41) is 0. The van der Waals surface area contributed by atoms with Crippen LogP contribution in [0, 0.1) is 0 Å². The Balaban J connectivity index is 1.92. The summed E-state index contributed by atoms with van der Waals surface area (Å²) >= 11 is 0. The second kappa shape index (κ2) is 7.34. The van der Waals surface area contributed by atoms with Crippen molar-refractivity contribution in [3.8, 4) is 0 Å². The molecule has 3 heteroatoms. The Kier molecular flexibility index (Phi) is 5.48. The van der Waals surface area contributed by atoms with Crippen LogP contribution in [0.15, 0.2) is 48.7 Å². The van der Waals surface area contributed by atoms with Gasteiger partial charge in [0.1, 0.15) is 0 Å². The normalized spacial score (nSPS) is 12.9. The summed E-state index contributed by atoms with van der Waals surface area (Å²) in [7, 11) is 2.08. The molecule has 0 bridgehead atoms. The van der Waals surface area contributed by atoms with Gasteiger partial charge in [-0.2, -0.15) is 0 Å². The molecule has 0 saturated carbocycles. The number of aromatic nitrogens is 1. The van der Waals surface area contributed by atoms with Crippen LogP contribution in [-0.2, 0) is 6.54 Å². The summed E-state index contributed by atoms with van der Waals surface area (Å²) in [5.74, 6) is 0.558. The molecule has 0 aliphatic carbocycles. The number of rotatable bonds is 6. The largest absolute Gasteiger partial charge is 0.323 e. The van der Waals surface area contributed by atoms with Gasteiger partial charge in [0.05, 0.1) is 5.69 Å². The van der Waals surface area contributed by atoms with Crippen molar-refractivity contribution in [2.75, 3.05) is 13.6 Å². The van der Waals surface area contributed by atoms with Crippen LogP contribution in [0.25, 0.3) is 0 Å². The lowest BCUT2D eigenvalue weighted by atomic mass is 9.99. The molecule has 21 heavy (non-hydrogen) atoms. The number of hydrogen-bond donors (Lipinski definition) is 1. The Morgan fingerprint density at radius 1 is 1.05 bits per heavy atom. The third kappa shape index (κ3) is 4.66. The van der Waals surface area contributed by atoms with Gasteiger partial charge >= 0.3 is 0 Å². The lowest BCUT2D eigenvalue weighted by Gasteiger charge is -2.21. The number of likely N-dealkylation sites (N-methyl/N-ethyl adjacent to an activating group) is 1. The van der Waals surface area contributed by atoms with Gasteiger partial charge < -0.3 is 5.73 Å². The molecule has 1 atom stereocenters. The highest BCUT2D eigenvalue weighted by molar-refractivity contribution is 5.26. The third-order valence-electron chi connectivity index (χ3n) is 3.70. The maximum absolute atomic E-state index is 6.31. The SMILES string of the molecule is CC(C)c1ccc(C(N)CN(C)Cc2ccccn2)cc1. The van der Waals surface area contributed by atoms with Crippen molar-refractivity contribution < 1.29 is 0 Å². The minimum Gasteiger partial charge on any atom is -0.323 e. The van der Waals surface area contributed by atoms with E-state index in [0.717, 1.165) is 18.8 Å². The van der Waals surface area contributed by atoms with E-state index >= 15 is 0 Å². The van der Waals surface area contributed by atoms with Crippen LogP contribution >= 0.6 is 0 Å². The molecular weight excluding hydrogens is 258 g/mol. The fourth-order valence-corrected chi connectivity index (χ4v) is 2.40. The van der Waals surface area contributed by atoms with Crippen LogP contribution in [-0.4, -0.2) is 23.5 Å². The van der Waals surface area contributed by atoms with E-state index in [1.54, 1.807) is 0 Å². The molecule has 1 aromatic carbocycles. The highest BCUT2D eigenvalue weighted by Gasteiger charge is 2.10. The van der Waals surface area contributed by atoms with E-state index in [1.165, 1.54) is 11.1 Å². The first-order valence-corrected chi connectivity index (χ1v) is 7.50. The lowest BCUT2D eigenvalue weighted by Crippen LogP contribution is -2.29. The second-order valence-electron chi connectivity index (χ2n) is 5.95. The van der Waals surface area contributed by atoms with Crippen molar-refractivity contribution in [2.45, 2.75) is 32.4 Å². The van der Waals surface area contributed by atoms with E-state index in [2.05, 4.69) is 55.0 Å². The number of pyridine rings is 1. The van der Waals surface area contributed by atoms with Crippen molar-refractivity contribution in [3.63, 3.8) is 0 Å². The highest BCUT2D eigenvalue weighted by Crippen LogP contribution is 2.18. The molecule has 0 amide bonds. The fraction of sp³-hybridized carbons (Fsp3) is 0.389. The van der Waals surface area contributed by atoms with E-state index in [0.29, 0.717) is 5.92 Å². The number of hydrogen-bond acceptors (Lipinski definition) is 3. The Hall–Kier alpha value is -1.71. The second-order valence-corrected chi connectivity index (χ2v) is 5.95. The van der Waals surface area contributed by atoms with E-state index in [4.69, 9.17) is 5.73 Å². The molecule has 2 N–H and O–H groups in total. The maximum Gasteiger partial charge on any atom is 0.0543 e. The fourth-order valence-electron chi connectivity index (χ4n) is 2.40. The number of nitrogens with two attached hydrogens (primary N) is 1. The monoisotopic (exact) mass is 283 g/mol. The van der Waals surface area contributed by atoms with Gasteiger partial charge in [-0.3, -0.25) is 9.88 Å². The smallest absolute Gasteiger partial charge is 0.0543 e. The predicted octanol–water partition coefficient (Wildman–Crippen LogP) is 3.34. The summed E-state index contributed by atoms with van der Waals surface area (Å²) < 4.78 is 0. The van der Waals surface area contributed by atoms with Crippen LogP contribution in [0.2, 0.25) is 0 Å². The minimum atomic E-state index is 0.0277. The molecule has 1 unspecified atom stereocenters. The molecule has 0 radical (unpaired) electrons. The van der Waals surface area contributed by atoms with Crippen molar-refractivity contribution in [2.24, 2.45) is 5.73 Å². The molecule has 0 spiro atoms. The minimum absolute atomic E-state index is 0.0277. The van der Waals surface area contributed by atoms with Crippen molar-refractivity contribution in [3.05, 3.63) is 65.5 Å². The van der Waals surface area contributed by atoms with Crippen molar-refractivity contribution in [1.82, 2.24) is 9.88 Å². The zero-order chi connectivity index (χ0) is 15.2. The van der Waals surface area contributed by atoms with Gasteiger partial charge in [0, 0.05) is 25.3 Å². The topological polar surface area (TPSA) is 42.1 Å². The lowest BCUT2D eigenvalue weighted by molar-refractivity contribution is 0.302. The van der Waals surface area contributed by atoms with Gasteiger partial charge in [-0.05, 0) is 36.2 Å². The first-order chi connectivity index (χ1) is 10.1. The summed E-state index contributed by atoms with van der Waals surface area (Å²) in [6, 6.07) is 14.7. The maximum atomic E-state index is 6.31. The molecular formula is C18H25N3. The quantitative estimate of drug-likeness (QED) is 0.884. The predicted molar refractivity (Wildman–Crippen MR) is 88.0 cm³/mol. The molecule has 2 rings (SSSR count). The first-order valence-electron chi connectivity index (χ1n) is 7.50. The van der Waals surface area contributed by atoms with Crippen molar-refractivity contribution in [1.29, 1.82) is 0 Å². The van der Waals surface area contributed by atoms with Gasteiger partial charge in [-0.25, -0.2) is 0 Å². The Labute approximate surface area is 127 Å². The Morgan fingerprint density at radius 2 is 1.71 bits per heavy atom. The Bertz CT molecular complexity index is 534. The first kappa shape index (κ1) is 15.7.